The molecule has 1 unspecified atom stereocenters. The topological polar surface area (TPSA) is 67.6 Å². The van der Waals surface area contributed by atoms with Gasteiger partial charge in [-0.2, -0.15) is 0 Å². The van der Waals surface area contributed by atoms with E-state index >= 15 is 0 Å². The fourth-order valence-electron chi connectivity index (χ4n) is 3.71. The first-order valence-electron chi connectivity index (χ1n) is 10.2. The molecule has 1 aliphatic heterocycles. The van der Waals surface area contributed by atoms with Crippen LogP contribution >= 0.6 is 0 Å². The standard InChI is InChI=1S/C22H31N3O3/c1-16-9-6-7-13-25(16)14-8-12-23-22(26)19-10-4-5-11-21(19)27-15-20-17(2)24-28-18(20)3/h4-5,10-11,16H,6-9,12-15H2,1-3H3,(H,23,26). The first-order chi connectivity index (χ1) is 13.6. The normalized spacial score (nSPS) is 17.5. The van der Waals surface area contributed by atoms with Crippen molar-refractivity contribution in [2.75, 3.05) is 19.6 Å². The van der Waals surface area contributed by atoms with E-state index in [4.69, 9.17) is 9.26 Å². The summed E-state index contributed by atoms with van der Waals surface area (Å²) in [7, 11) is 0. The van der Waals surface area contributed by atoms with Gasteiger partial charge in [0.2, 0.25) is 0 Å². The van der Waals surface area contributed by atoms with Gasteiger partial charge in [0.1, 0.15) is 18.1 Å². The first kappa shape index (κ1) is 20.4. The number of rotatable bonds is 8. The maximum Gasteiger partial charge on any atom is 0.255 e. The third kappa shape index (κ3) is 5.13. The molecule has 152 valence electrons. The molecule has 0 saturated carbocycles. The highest BCUT2D eigenvalue weighted by Gasteiger charge is 2.18. The Kier molecular flexibility index (Phi) is 7.09. The summed E-state index contributed by atoms with van der Waals surface area (Å²) in [6.45, 7) is 9.25. The van der Waals surface area contributed by atoms with E-state index < -0.39 is 0 Å². The van der Waals surface area contributed by atoms with Gasteiger partial charge in [0.15, 0.2) is 0 Å². The lowest BCUT2D eigenvalue weighted by Gasteiger charge is -2.33. The zero-order valence-corrected chi connectivity index (χ0v) is 17.2. The number of hydrogen-bond acceptors (Lipinski definition) is 5. The number of hydrogen-bond donors (Lipinski definition) is 1. The molecular formula is C22H31N3O3. The number of nitrogens with one attached hydrogen (secondary N) is 1. The molecule has 3 rings (SSSR count). The summed E-state index contributed by atoms with van der Waals surface area (Å²) >= 11 is 0. The molecule has 1 fully saturated rings. The van der Waals surface area contributed by atoms with Gasteiger partial charge < -0.3 is 19.5 Å². The summed E-state index contributed by atoms with van der Waals surface area (Å²) < 4.78 is 11.1. The van der Waals surface area contributed by atoms with Crippen molar-refractivity contribution < 1.29 is 14.1 Å². The minimum Gasteiger partial charge on any atom is -0.488 e. The number of aryl methyl sites for hydroxylation is 2. The zero-order chi connectivity index (χ0) is 19.9. The molecule has 1 aromatic heterocycles. The summed E-state index contributed by atoms with van der Waals surface area (Å²) in [5, 5.41) is 6.97. The lowest BCUT2D eigenvalue weighted by atomic mass is 10.0. The Morgan fingerprint density at radius 1 is 1.32 bits per heavy atom. The van der Waals surface area contributed by atoms with Gasteiger partial charge in [-0.1, -0.05) is 23.7 Å². The van der Waals surface area contributed by atoms with Gasteiger partial charge in [-0.3, -0.25) is 4.79 Å². The van der Waals surface area contributed by atoms with Gasteiger partial charge in [-0.15, -0.1) is 0 Å². The quantitative estimate of drug-likeness (QED) is 0.699. The maximum atomic E-state index is 12.6. The number of likely N-dealkylation sites (tertiary alicyclic amines) is 1. The average Bonchev–Trinajstić information content (AvgIpc) is 3.02. The number of amides is 1. The molecule has 0 spiro atoms. The van der Waals surface area contributed by atoms with Gasteiger partial charge in [0, 0.05) is 19.1 Å². The lowest BCUT2D eigenvalue weighted by Crippen LogP contribution is -2.39. The third-order valence-electron chi connectivity index (χ3n) is 5.53. The first-order valence-corrected chi connectivity index (χ1v) is 10.2. The Balaban J connectivity index is 1.51. The van der Waals surface area contributed by atoms with Crippen LogP contribution < -0.4 is 10.1 Å². The Hall–Kier alpha value is -2.34. The van der Waals surface area contributed by atoms with Gasteiger partial charge in [-0.25, -0.2) is 0 Å². The molecule has 2 aromatic rings. The molecule has 1 aliphatic rings. The number of benzene rings is 1. The van der Waals surface area contributed by atoms with E-state index in [1.165, 1.54) is 25.8 Å². The summed E-state index contributed by atoms with van der Waals surface area (Å²) in [5.41, 5.74) is 2.29. The Labute approximate surface area is 167 Å². The predicted molar refractivity (Wildman–Crippen MR) is 109 cm³/mol. The van der Waals surface area contributed by atoms with E-state index in [0.717, 1.165) is 30.0 Å². The summed E-state index contributed by atoms with van der Waals surface area (Å²) in [4.78, 5) is 15.2. The highest BCUT2D eigenvalue weighted by molar-refractivity contribution is 5.96. The van der Waals surface area contributed by atoms with E-state index in [0.29, 0.717) is 30.5 Å². The monoisotopic (exact) mass is 385 g/mol. The molecule has 1 amide bonds. The number of ether oxygens (including phenoxy) is 1. The van der Waals surface area contributed by atoms with Crippen molar-refractivity contribution in [1.82, 2.24) is 15.4 Å². The summed E-state index contributed by atoms with van der Waals surface area (Å²) in [5.74, 6) is 1.22. The van der Waals surface area contributed by atoms with Crippen LogP contribution in [0.3, 0.4) is 0 Å². The molecular weight excluding hydrogens is 354 g/mol. The predicted octanol–water partition coefficient (Wildman–Crippen LogP) is 3.86. The molecule has 1 atom stereocenters. The van der Waals surface area contributed by atoms with Crippen molar-refractivity contribution in [2.24, 2.45) is 0 Å². The third-order valence-corrected chi connectivity index (χ3v) is 5.53. The SMILES string of the molecule is Cc1noc(C)c1COc1ccccc1C(=O)NCCCN1CCCCC1C. The molecule has 1 aromatic carbocycles. The van der Waals surface area contributed by atoms with Crippen molar-refractivity contribution in [3.05, 3.63) is 46.8 Å². The Bertz CT molecular complexity index is 768. The molecule has 0 bridgehead atoms. The van der Waals surface area contributed by atoms with Crippen molar-refractivity contribution in [1.29, 1.82) is 0 Å². The van der Waals surface area contributed by atoms with Crippen LogP contribution in [0, 0.1) is 13.8 Å². The number of carbonyl (C=O) groups excluding carboxylic acids is 1. The van der Waals surface area contributed by atoms with Crippen LogP contribution in [-0.2, 0) is 6.61 Å². The van der Waals surface area contributed by atoms with E-state index in [9.17, 15) is 4.79 Å². The van der Waals surface area contributed by atoms with Crippen molar-refractivity contribution >= 4 is 5.91 Å². The van der Waals surface area contributed by atoms with Crippen LogP contribution in [0.5, 0.6) is 5.75 Å². The van der Waals surface area contributed by atoms with Crippen LogP contribution in [0.4, 0.5) is 0 Å². The average molecular weight is 386 g/mol. The van der Waals surface area contributed by atoms with Crippen LogP contribution in [0.1, 0.15) is 60.0 Å². The van der Waals surface area contributed by atoms with E-state index in [1.807, 2.05) is 32.0 Å². The van der Waals surface area contributed by atoms with Crippen molar-refractivity contribution in [3.63, 3.8) is 0 Å². The molecule has 0 aliphatic carbocycles. The largest absolute Gasteiger partial charge is 0.488 e. The van der Waals surface area contributed by atoms with Crippen LogP contribution in [0.15, 0.2) is 28.8 Å². The van der Waals surface area contributed by atoms with Crippen molar-refractivity contribution in [2.45, 2.75) is 59.1 Å². The number of carbonyl (C=O) groups is 1. The number of aromatic nitrogens is 1. The minimum atomic E-state index is -0.0962. The Morgan fingerprint density at radius 2 is 2.14 bits per heavy atom. The van der Waals surface area contributed by atoms with Gasteiger partial charge >= 0.3 is 0 Å². The fraction of sp³-hybridized carbons (Fsp3) is 0.545. The van der Waals surface area contributed by atoms with Crippen LogP contribution in [-0.4, -0.2) is 41.6 Å². The van der Waals surface area contributed by atoms with Gasteiger partial charge in [0.25, 0.3) is 5.91 Å². The molecule has 6 nitrogen and oxygen atoms in total. The number of nitrogens with zero attached hydrogens (tertiary/aromatic N) is 2. The highest BCUT2D eigenvalue weighted by Crippen LogP contribution is 2.21. The maximum absolute atomic E-state index is 12.6. The second kappa shape index (κ2) is 9.73. The minimum absolute atomic E-state index is 0.0962. The number of para-hydroxylation sites is 1. The molecule has 1 saturated heterocycles. The highest BCUT2D eigenvalue weighted by atomic mass is 16.5. The van der Waals surface area contributed by atoms with E-state index in [-0.39, 0.29) is 5.91 Å². The smallest absolute Gasteiger partial charge is 0.255 e. The van der Waals surface area contributed by atoms with Gasteiger partial charge in [0.05, 0.1) is 16.8 Å². The molecule has 6 heteroatoms. The van der Waals surface area contributed by atoms with Crippen LogP contribution in [0.25, 0.3) is 0 Å². The van der Waals surface area contributed by atoms with Crippen molar-refractivity contribution in [3.8, 4) is 5.75 Å². The second-order valence-corrected chi connectivity index (χ2v) is 7.58. The summed E-state index contributed by atoms with van der Waals surface area (Å²) in [6, 6.07) is 8.00. The van der Waals surface area contributed by atoms with E-state index in [2.05, 4.69) is 22.3 Å². The lowest BCUT2D eigenvalue weighted by molar-refractivity contribution is 0.0944. The van der Waals surface area contributed by atoms with Gasteiger partial charge in [-0.05, 0) is 58.7 Å². The zero-order valence-electron chi connectivity index (χ0n) is 17.2. The van der Waals surface area contributed by atoms with E-state index in [1.54, 1.807) is 6.07 Å². The molecule has 0 radical (unpaired) electrons. The Morgan fingerprint density at radius 3 is 2.89 bits per heavy atom. The molecule has 28 heavy (non-hydrogen) atoms. The molecule has 1 N–H and O–H groups in total. The fourth-order valence-corrected chi connectivity index (χ4v) is 3.71. The van der Waals surface area contributed by atoms with Crippen LogP contribution in [0.2, 0.25) is 0 Å². The molecule has 2 heterocycles. The number of piperidine rings is 1. The second-order valence-electron chi connectivity index (χ2n) is 7.58. The summed E-state index contributed by atoms with van der Waals surface area (Å²) in [6.07, 6.45) is 4.85.